The first-order chi connectivity index (χ1) is 11.8. The van der Waals surface area contributed by atoms with Crippen molar-refractivity contribution in [1.29, 1.82) is 0 Å². The highest BCUT2D eigenvalue weighted by molar-refractivity contribution is 5.92. The molecule has 1 aromatic carbocycles. The van der Waals surface area contributed by atoms with Crippen LogP contribution in [-0.4, -0.2) is 39.7 Å². The van der Waals surface area contributed by atoms with Gasteiger partial charge in [-0.1, -0.05) is 13.8 Å². The number of amides is 1. The summed E-state index contributed by atoms with van der Waals surface area (Å²) in [6.45, 7) is 5.15. The zero-order chi connectivity index (χ0) is 18.2. The molecule has 0 bridgehead atoms. The third-order valence-electron chi connectivity index (χ3n) is 4.69. The van der Waals surface area contributed by atoms with Gasteiger partial charge in [0, 0.05) is 25.2 Å². The van der Waals surface area contributed by atoms with Crippen LogP contribution in [0, 0.1) is 11.2 Å². The van der Waals surface area contributed by atoms with Crippen molar-refractivity contribution in [1.82, 2.24) is 14.7 Å². The lowest BCUT2D eigenvalue weighted by molar-refractivity contribution is 0.0525. The number of hydrogen-bond acceptors (Lipinski definition) is 4. The minimum Gasteiger partial charge on any atom is -0.337 e. The van der Waals surface area contributed by atoms with Crippen LogP contribution in [0.15, 0.2) is 41.2 Å². The van der Waals surface area contributed by atoms with E-state index in [1.54, 1.807) is 4.90 Å². The molecule has 8 heteroatoms. The van der Waals surface area contributed by atoms with E-state index in [1.807, 2.05) is 13.8 Å². The predicted molar refractivity (Wildman–Crippen MR) is 99.3 cm³/mol. The molecule has 2 aromatic rings. The molecule has 1 aromatic heterocycles. The maximum absolute atomic E-state index is 13.1. The lowest BCUT2D eigenvalue weighted by Crippen LogP contribution is -2.54. The normalized spacial score (nSPS) is 18.9. The Labute approximate surface area is 157 Å². The smallest absolute Gasteiger partial charge is 0.274 e. The molecular formula is C18H22ClFN4O2. The number of aromatic nitrogens is 2. The number of nitrogens with two attached hydrogens (primary N) is 1. The van der Waals surface area contributed by atoms with E-state index in [4.69, 9.17) is 5.73 Å². The first-order valence-corrected chi connectivity index (χ1v) is 8.19. The zero-order valence-electron chi connectivity index (χ0n) is 14.7. The van der Waals surface area contributed by atoms with Gasteiger partial charge in [-0.3, -0.25) is 9.59 Å². The Hall–Kier alpha value is -2.25. The summed E-state index contributed by atoms with van der Waals surface area (Å²) in [7, 11) is 0. The number of carbonyl (C=O) groups is 1. The highest BCUT2D eigenvalue weighted by Crippen LogP contribution is 2.28. The van der Waals surface area contributed by atoms with E-state index >= 15 is 0 Å². The van der Waals surface area contributed by atoms with Gasteiger partial charge < -0.3 is 10.6 Å². The van der Waals surface area contributed by atoms with E-state index in [1.165, 1.54) is 36.4 Å². The van der Waals surface area contributed by atoms with Gasteiger partial charge in [0.2, 0.25) is 0 Å². The minimum absolute atomic E-state index is 0. The molecule has 1 amide bonds. The van der Waals surface area contributed by atoms with Crippen molar-refractivity contribution in [3.8, 4) is 5.69 Å². The van der Waals surface area contributed by atoms with Crippen LogP contribution in [0.3, 0.4) is 0 Å². The van der Waals surface area contributed by atoms with Crippen molar-refractivity contribution in [3.05, 3.63) is 58.3 Å². The molecule has 1 aliphatic rings. The quantitative estimate of drug-likeness (QED) is 0.863. The van der Waals surface area contributed by atoms with E-state index in [9.17, 15) is 14.0 Å². The van der Waals surface area contributed by atoms with Gasteiger partial charge in [-0.15, -0.1) is 12.4 Å². The lowest BCUT2D eigenvalue weighted by Gasteiger charge is -2.42. The SMILES string of the molecule is CC1(C)CN(C(=O)c2ccc(=O)n(-c3ccc(F)cc3)n2)CCC1N.Cl. The number of hydrogen-bond donors (Lipinski definition) is 1. The van der Waals surface area contributed by atoms with Crippen LogP contribution < -0.4 is 11.3 Å². The van der Waals surface area contributed by atoms with Crippen molar-refractivity contribution in [3.63, 3.8) is 0 Å². The second-order valence-corrected chi connectivity index (χ2v) is 7.06. The summed E-state index contributed by atoms with van der Waals surface area (Å²) in [6.07, 6.45) is 0.719. The minimum atomic E-state index is -0.407. The average molecular weight is 381 g/mol. The fourth-order valence-electron chi connectivity index (χ4n) is 3.00. The van der Waals surface area contributed by atoms with Crippen molar-refractivity contribution in [2.45, 2.75) is 26.3 Å². The predicted octanol–water partition coefficient (Wildman–Crippen LogP) is 1.99. The molecule has 0 radical (unpaired) electrons. The van der Waals surface area contributed by atoms with Crippen LogP contribution in [0.25, 0.3) is 5.69 Å². The Bertz CT molecular complexity index is 851. The lowest BCUT2D eigenvalue weighted by atomic mass is 9.79. The number of carbonyl (C=O) groups excluding carboxylic acids is 1. The Morgan fingerprint density at radius 1 is 1.23 bits per heavy atom. The number of halogens is 2. The van der Waals surface area contributed by atoms with Gasteiger partial charge in [0.05, 0.1) is 5.69 Å². The number of rotatable bonds is 2. The topological polar surface area (TPSA) is 81.2 Å². The van der Waals surface area contributed by atoms with Gasteiger partial charge in [0.1, 0.15) is 11.5 Å². The highest BCUT2D eigenvalue weighted by Gasteiger charge is 2.36. The van der Waals surface area contributed by atoms with Gasteiger partial charge in [0.15, 0.2) is 0 Å². The fraction of sp³-hybridized carbons (Fsp3) is 0.389. The molecule has 3 rings (SSSR count). The van der Waals surface area contributed by atoms with Crippen molar-refractivity contribution in [2.75, 3.05) is 13.1 Å². The molecule has 1 aliphatic heterocycles. The monoisotopic (exact) mass is 380 g/mol. The van der Waals surface area contributed by atoms with E-state index in [-0.39, 0.29) is 41.0 Å². The van der Waals surface area contributed by atoms with Gasteiger partial charge in [-0.05, 0) is 42.2 Å². The van der Waals surface area contributed by atoms with Gasteiger partial charge in [-0.25, -0.2) is 4.39 Å². The van der Waals surface area contributed by atoms with Crippen LogP contribution in [0.4, 0.5) is 4.39 Å². The second-order valence-electron chi connectivity index (χ2n) is 7.06. The molecule has 0 spiro atoms. The number of piperidine rings is 1. The Morgan fingerprint density at radius 3 is 2.50 bits per heavy atom. The Balaban J connectivity index is 0.00000243. The van der Waals surface area contributed by atoms with Crippen molar-refractivity contribution in [2.24, 2.45) is 11.1 Å². The first-order valence-electron chi connectivity index (χ1n) is 8.19. The molecule has 0 saturated carbocycles. The third kappa shape index (κ3) is 3.94. The first kappa shape index (κ1) is 20.1. The zero-order valence-corrected chi connectivity index (χ0v) is 15.5. The summed E-state index contributed by atoms with van der Waals surface area (Å²) < 4.78 is 14.2. The molecule has 1 unspecified atom stereocenters. The molecule has 0 aliphatic carbocycles. The van der Waals surface area contributed by atoms with E-state index < -0.39 is 5.82 Å². The van der Waals surface area contributed by atoms with E-state index in [0.29, 0.717) is 18.8 Å². The number of nitrogens with zero attached hydrogens (tertiary/aromatic N) is 3. The molecular weight excluding hydrogens is 359 g/mol. The van der Waals surface area contributed by atoms with Gasteiger partial charge in [0.25, 0.3) is 11.5 Å². The summed E-state index contributed by atoms with van der Waals surface area (Å²) in [5.41, 5.74) is 6.13. The standard InChI is InChI=1S/C18H21FN4O2.ClH/c1-18(2)11-22(10-9-15(18)20)17(25)14-7-8-16(24)23(21-14)13-5-3-12(19)4-6-13;/h3-8,15H,9-11,20H2,1-2H3;1H. The van der Waals surface area contributed by atoms with Crippen LogP contribution >= 0.6 is 12.4 Å². The summed E-state index contributed by atoms with van der Waals surface area (Å²) >= 11 is 0. The maximum atomic E-state index is 13.1. The van der Waals surface area contributed by atoms with Crippen molar-refractivity contribution >= 4 is 18.3 Å². The molecule has 1 fully saturated rings. The fourth-order valence-corrected chi connectivity index (χ4v) is 3.00. The Morgan fingerprint density at radius 2 is 1.88 bits per heavy atom. The largest absolute Gasteiger partial charge is 0.337 e. The second kappa shape index (κ2) is 7.55. The number of likely N-dealkylation sites (tertiary alicyclic amines) is 1. The highest BCUT2D eigenvalue weighted by atomic mass is 35.5. The van der Waals surface area contributed by atoms with Crippen molar-refractivity contribution < 1.29 is 9.18 Å². The molecule has 1 atom stereocenters. The van der Waals surface area contributed by atoms with Crippen LogP contribution in [0.1, 0.15) is 30.8 Å². The molecule has 26 heavy (non-hydrogen) atoms. The van der Waals surface area contributed by atoms with Gasteiger partial charge >= 0.3 is 0 Å². The van der Waals surface area contributed by atoms with Gasteiger partial charge in [-0.2, -0.15) is 9.78 Å². The molecule has 140 valence electrons. The summed E-state index contributed by atoms with van der Waals surface area (Å²) in [5.74, 6) is -0.647. The molecule has 6 nitrogen and oxygen atoms in total. The molecule has 2 N–H and O–H groups in total. The summed E-state index contributed by atoms with van der Waals surface area (Å²) in [6, 6.07) is 8.13. The summed E-state index contributed by atoms with van der Waals surface area (Å²) in [4.78, 5) is 26.6. The Kier molecular flexibility index (Phi) is 5.83. The summed E-state index contributed by atoms with van der Waals surface area (Å²) in [5, 5.41) is 4.17. The number of benzene rings is 1. The van der Waals surface area contributed by atoms with E-state index in [0.717, 1.165) is 11.1 Å². The average Bonchev–Trinajstić information content (AvgIpc) is 2.58. The van der Waals surface area contributed by atoms with Crippen LogP contribution in [-0.2, 0) is 0 Å². The van der Waals surface area contributed by atoms with E-state index in [2.05, 4.69) is 5.10 Å². The maximum Gasteiger partial charge on any atom is 0.274 e. The molecule has 1 saturated heterocycles. The van der Waals surface area contributed by atoms with Crippen LogP contribution in [0.2, 0.25) is 0 Å². The van der Waals surface area contributed by atoms with Crippen LogP contribution in [0.5, 0.6) is 0 Å². The molecule has 2 heterocycles. The third-order valence-corrected chi connectivity index (χ3v) is 4.69.